The van der Waals surface area contributed by atoms with E-state index in [1.54, 1.807) is 72.7 Å². The molecule has 2 aromatic carbocycles. The highest BCUT2D eigenvalue weighted by molar-refractivity contribution is 6.07. The van der Waals surface area contributed by atoms with E-state index >= 15 is 0 Å². The molecule has 0 fully saturated rings. The van der Waals surface area contributed by atoms with Crippen LogP contribution in [0.15, 0.2) is 79.1 Å². The van der Waals surface area contributed by atoms with Crippen LogP contribution in [-0.2, 0) is 4.79 Å². The Balaban J connectivity index is 1.56. The normalized spacial score (nSPS) is 10.5. The molecule has 192 valence electrons. The van der Waals surface area contributed by atoms with Crippen molar-refractivity contribution >= 4 is 34.2 Å². The van der Waals surface area contributed by atoms with Crippen molar-refractivity contribution in [1.29, 1.82) is 0 Å². The number of ether oxygens (including phenoxy) is 1. The van der Waals surface area contributed by atoms with E-state index in [0.717, 1.165) is 29.6 Å². The second kappa shape index (κ2) is 12.5. The second-order valence-electron chi connectivity index (χ2n) is 8.79. The van der Waals surface area contributed by atoms with Gasteiger partial charge in [-0.05, 0) is 101 Å². The lowest BCUT2D eigenvalue weighted by molar-refractivity contribution is -0.113. The number of hydrogen-bond acceptors (Lipinski definition) is 6. The zero-order valence-corrected chi connectivity index (χ0v) is 21.6. The predicted octanol–water partition coefficient (Wildman–Crippen LogP) is 4.98. The Morgan fingerprint density at radius 3 is 2.47 bits per heavy atom. The third-order valence-corrected chi connectivity index (χ3v) is 5.71. The molecule has 0 saturated carbocycles. The fourth-order valence-corrected chi connectivity index (χ4v) is 3.86. The minimum Gasteiger partial charge on any atom is -0.457 e. The molecule has 8 heteroatoms. The van der Waals surface area contributed by atoms with Crippen molar-refractivity contribution in [2.45, 2.75) is 13.3 Å². The summed E-state index contributed by atoms with van der Waals surface area (Å²) in [5, 5.41) is 3.52. The van der Waals surface area contributed by atoms with Crippen LogP contribution in [0.2, 0.25) is 0 Å². The quantitative estimate of drug-likeness (QED) is 0.322. The SMILES string of the molecule is CC#CC(=O)N(CCCN(C)C)c1ccc2nccc(Oc3ccc(C(=O)Nc4ccccn4)cc3)c2c1. The van der Waals surface area contributed by atoms with Gasteiger partial charge in [0.2, 0.25) is 0 Å². The zero-order valence-electron chi connectivity index (χ0n) is 21.6. The minimum atomic E-state index is -0.261. The van der Waals surface area contributed by atoms with E-state index < -0.39 is 0 Å². The molecule has 0 saturated heterocycles. The number of amides is 2. The number of nitrogens with zero attached hydrogens (tertiary/aromatic N) is 4. The standard InChI is InChI=1S/C30H29N5O3/c1-4-8-29(36)35(20-7-19-34(2)3)23-12-15-26-25(21-23)27(16-18-31-26)38-24-13-10-22(11-14-24)30(37)33-28-9-5-6-17-32-28/h5-6,9-18,21H,7,19-20H2,1-3H3,(H,32,33,37). The lowest BCUT2D eigenvalue weighted by Gasteiger charge is -2.22. The number of pyridine rings is 2. The average Bonchev–Trinajstić information content (AvgIpc) is 2.92. The van der Waals surface area contributed by atoms with Crippen molar-refractivity contribution < 1.29 is 14.3 Å². The average molecular weight is 508 g/mol. The van der Waals surface area contributed by atoms with Gasteiger partial charge in [-0.1, -0.05) is 12.0 Å². The van der Waals surface area contributed by atoms with Gasteiger partial charge in [-0.3, -0.25) is 14.6 Å². The van der Waals surface area contributed by atoms with Crippen molar-refractivity contribution in [2.24, 2.45) is 0 Å². The summed E-state index contributed by atoms with van der Waals surface area (Å²) in [6.07, 6.45) is 4.10. The first-order valence-corrected chi connectivity index (χ1v) is 12.2. The summed E-state index contributed by atoms with van der Waals surface area (Å²) in [6.45, 7) is 3.04. The van der Waals surface area contributed by atoms with Gasteiger partial charge in [0.1, 0.15) is 17.3 Å². The van der Waals surface area contributed by atoms with Gasteiger partial charge in [-0.25, -0.2) is 4.98 Å². The Bertz CT molecular complexity index is 1480. The fraction of sp³-hybridized carbons (Fsp3) is 0.200. The van der Waals surface area contributed by atoms with Gasteiger partial charge in [0.05, 0.1) is 5.52 Å². The molecule has 4 rings (SSSR count). The molecule has 8 nitrogen and oxygen atoms in total. The zero-order chi connectivity index (χ0) is 26.9. The number of carbonyl (C=O) groups excluding carboxylic acids is 2. The van der Waals surface area contributed by atoms with Crippen LogP contribution in [0.25, 0.3) is 10.9 Å². The molecule has 1 N–H and O–H groups in total. The van der Waals surface area contributed by atoms with Crippen LogP contribution in [0.4, 0.5) is 11.5 Å². The molecule has 2 heterocycles. The molecule has 0 aliphatic heterocycles. The van der Waals surface area contributed by atoms with Crippen molar-refractivity contribution in [3.63, 3.8) is 0 Å². The van der Waals surface area contributed by atoms with Gasteiger partial charge >= 0.3 is 5.91 Å². The van der Waals surface area contributed by atoms with Gasteiger partial charge in [0.25, 0.3) is 5.91 Å². The Labute approximate surface area is 222 Å². The van der Waals surface area contributed by atoms with Gasteiger partial charge in [-0.2, -0.15) is 0 Å². The Kier molecular flexibility index (Phi) is 8.65. The first kappa shape index (κ1) is 26.3. The highest BCUT2D eigenvalue weighted by Gasteiger charge is 2.16. The third-order valence-electron chi connectivity index (χ3n) is 5.71. The third kappa shape index (κ3) is 6.72. The van der Waals surface area contributed by atoms with Crippen LogP contribution in [-0.4, -0.2) is 53.9 Å². The number of fused-ring (bicyclic) bond motifs is 1. The fourth-order valence-electron chi connectivity index (χ4n) is 3.86. The molecule has 0 radical (unpaired) electrons. The van der Waals surface area contributed by atoms with E-state index in [1.165, 1.54) is 0 Å². The van der Waals surface area contributed by atoms with Crippen LogP contribution in [0, 0.1) is 11.8 Å². The molecular weight excluding hydrogens is 478 g/mol. The van der Waals surface area contributed by atoms with Crippen LogP contribution in [0.3, 0.4) is 0 Å². The highest BCUT2D eigenvalue weighted by Crippen LogP contribution is 2.32. The smallest absolute Gasteiger partial charge is 0.302 e. The van der Waals surface area contributed by atoms with Gasteiger partial charge in [-0.15, -0.1) is 0 Å². The van der Waals surface area contributed by atoms with Crippen LogP contribution in [0.1, 0.15) is 23.7 Å². The lowest BCUT2D eigenvalue weighted by atomic mass is 10.1. The highest BCUT2D eigenvalue weighted by atomic mass is 16.5. The number of hydrogen-bond donors (Lipinski definition) is 1. The first-order valence-electron chi connectivity index (χ1n) is 12.2. The summed E-state index contributed by atoms with van der Waals surface area (Å²) >= 11 is 0. The molecule has 2 amide bonds. The summed E-state index contributed by atoms with van der Waals surface area (Å²) < 4.78 is 6.18. The lowest BCUT2D eigenvalue weighted by Crippen LogP contribution is -2.32. The minimum absolute atomic E-state index is 0.253. The number of carbonyl (C=O) groups is 2. The number of nitrogens with one attached hydrogen (secondary N) is 1. The summed E-state index contributed by atoms with van der Waals surface area (Å²) in [5.74, 6) is 6.48. The Morgan fingerprint density at radius 2 is 1.76 bits per heavy atom. The summed E-state index contributed by atoms with van der Waals surface area (Å²) in [5.41, 5.74) is 1.94. The summed E-state index contributed by atoms with van der Waals surface area (Å²) in [4.78, 5) is 37.7. The Morgan fingerprint density at radius 1 is 0.947 bits per heavy atom. The van der Waals surface area contributed by atoms with Gasteiger partial charge in [0, 0.05) is 35.6 Å². The van der Waals surface area contributed by atoms with E-state index in [9.17, 15) is 9.59 Å². The van der Waals surface area contributed by atoms with E-state index in [-0.39, 0.29) is 11.8 Å². The van der Waals surface area contributed by atoms with E-state index in [0.29, 0.717) is 29.4 Å². The molecule has 0 spiro atoms. The van der Waals surface area contributed by atoms with Crippen molar-refractivity contribution in [3.8, 4) is 23.3 Å². The molecule has 4 aromatic rings. The van der Waals surface area contributed by atoms with E-state index in [1.807, 2.05) is 32.3 Å². The molecule has 0 aliphatic rings. The first-order chi connectivity index (χ1) is 18.4. The topological polar surface area (TPSA) is 87.7 Å². The van der Waals surface area contributed by atoms with E-state index in [4.69, 9.17) is 4.74 Å². The molecule has 0 bridgehead atoms. The second-order valence-corrected chi connectivity index (χ2v) is 8.79. The number of aromatic nitrogens is 2. The Hall–Kier alpha value is -4.74. The number of benzene rings is 2. The molecule has 2 aromatic heterocycles. The number of rotatable bonds is 9. The number of anilines is 2. The molecule has 0 atom stereocenters. The molecule has 0 aliphatic carbocycles. The summed E-state index contributed by atoms with van der Waals surface area (Å²) in [7, 11) is 4.01. The molecule has 0 unspecified atom stereocenters. The van der Waals surface area contributed by atoms with Crippen LogP contribution in [0.5, 0.6) is 11.5 Å². The van der Waals surface area contributed by atoms with E-state index in [2.05, 4.69) is 32.0 Å². The van der Waals surface area contributed by atoms with Crippen molar-refractivity contribution in [1.82, 2.24) is 14.9 Å². The van der Waals surface area contributed by atoms with Gasteiger partial charge < -0.3 is 19.9 Å². The maximum atomic E-state index is 12.8. The molecule has 38 heavy (non-hydrogen) atoms. The van der Waals surface area contributed by atoms with Crippen molar-refractivity contribution in [2.75, 3.05) is 37.4 Å². The predicted molar refractivity (Wildman–Crippen MR) is 149 cm³/mol. The maximum absolute atomic E-state index is 12.8. The largest absolute Gasteiger partial charge is 0.457 e. The molecular formula is C30H29N5O3. The maximum Gasteiger partial charge on any atom is 0.302 e. The van der Waals surface area contributed by atoms with Crippen LogP contribution < -0.4 is 15.0 Å². The summed E-state index contributed by atoms with van der Waals surface area (Å²) in [6, 6.07) is 19.6. The van der Waals surface area contributed by atoms with Crippen LogP contribution >= 0.6 is 0 Å². The monoisotopic (exact) mass is 507 g/mol. The van der Waals surface area contributed by atoms with Crippen molar-refractivity contribution in [3.05, 3.63) is 84.7 Å². The van der Waals surface area contributed by atoms with Gasteiger partial charge in [0.15, 0.2) is 0 Å².